The summed E-state index contributed by atoms with van der Waals surface area (Å²) in [5.74, 6) is -6.30. The Hall–Kier alpha value is -2.15. The molecular weight excluding hydrogens is 485 g/mol. The minimum atomic E-state index is -1.64. The molecule has 33 heavy (non-hydrogen) atoms. The number of aromatic nitrogens is 2. The van der Waals surface area contributed by atoms with Gasteiger partial charge in [0.15, 0.2) is 17.5 Å². The molecule has 3 aromatic rings. The second-order valence-electron chi connectivity index (χ2n) is 7.46. The highest BCUT2D eigenvalue weighted by Crippen LogP contribution is 2.41. The lowest BCUT2D eigenvalue weighted by Gasteiger charge is -2.40. The van der Waals surface area contributed by atoms with Gasteiger partial charge >= 0.3 is 0 Å². The molecule has 2 heterocycles. The van der Waals surface area contributed by atoms with Gasteiger partial charge in [-0.2, -0.15) is 0 Å². The Labute approximate surface area is 195 Å². The monoisotopic (exact) mass is 502 g/mol. The van der Waals surface area contributed by atoms with Crippen LogP contribution in [-0.4, -0.2) is 55.9 Å². The predicted octanol–water partition coefficient (Wildman–Crippen LogP) is 3.43. The van der Waals surface area contributed by atoms with Crippen molar-refractivity contribution >= 4 is 23.4 Å². The smallest absolute Gasteiger partial charge is 0.247 e. The van der Waals surface area contributed by atoms with Gasteiger partial charge in [0.05, 0.1) is 18.6 Å². The summed E-state index contributed by atoms with van der Waals surface area (Å²) in [6, 6.07) is 6.62. The molecule has 2 unspecified atom stereocenters. The van der Waals surface area contributed by atoms with Crippen LogP contribution in [-0.2, 0) is 4.74 Å². The molecule has 1 fully saturated rings. The fourth-order valence-electron chi connectivity index (χ4n) is 3.42. The van der Waals surface area contributed by atoms with Crippen LogP contribution < -0.4 is 0 Å². The molecule has 2 aromatic carbocycles. The van der Waals surface area contributed by atoms with Crippen LogP contribution in [0.1, 0.15) is 17.4 Å². The molecule has 7 nitrogen and oxygen atoms in total. The number of thioether (sulfide) groups is 1. The van der Waals surface area contributed by atoms with Crippen molar-refractivity contribution in [2.45, 2.75) is 41.5 Å². The molecule has 0 aliphatic carbocycles. The van der Waals surface area contributed by atoms with Crippen LogP contribution in [0.4, 0.5) is 13.2 Å². The van der Waals surface area contributed by atoms with Crippen molar-refractivity contribution in [1.29, 1.82) is 0 Å². The van der Waals surface area contributed by atoms with E-state index in [1.807, 2.05) is 6.92 Å². The number of benzene rings is 2. The van der Waals surface area contributed by atoms with Crippen LogP contribution in [0.15, 0.2) is 39.6 Å². The first-order valence-electron chi connectivity index (χ1n) is 9.73. The molecule has 0 saturated carbocycles. The van der Waals surface area contributed by atoms with Gasteiger partial charge in [0.25, 0.3) is 0 Å². The zero-order chi connectivity index (χ0) is 23.9. The number of hydrogen-bond acceptors (Lipinski definition) is 8. The Balaban J connectivity index is 1.63. The number of aryl methyl sites for hydroxylation is 1. The van der Waals surface area contributed by atoms with Crippen LogP contribution in [0.25, 0.3) is 11.5 Å². The highest BCUT2D eigenvalue weighted by molar-refractivity contribution is 7.99. The molecule has 0 amide bonds. The van der Waals surface area contributed by atoms with E-state index in [-0.39, 0.29) is 17.3 Å². The van der Waals surface area contributed by atoms with Gasteiger partial charge in [-0.1, -0.05) is 29.4 Å². The zero-order valence-corrected chi connectivity index (χ0v) is 18.5. The number of halogens is 4. The molecule has 176 valence electrons. The number of hydrogen-bond donors (Lipinski definition) is 3. The first-order valence-corrected chi connectivity index (χ1v) is 11.0. The van der Waals surface area contributed by atoms with E-state index in [1.165, 1.54) is 0 Å². The lowest BCUT2D eigenvalue weighted by atomic mass is 9.90. The second kappa shape index (κ2) is 9.61. The molecule has 1 aliphatic heterocycles. The average molecular weight is 503 g/mol. The zero-order valence-electron chi connectivity index (χ0n) is 17.0. The van der Waals surface area contributed by atoms with Gasteiger partial charge in [-0.25, -0.2) is 13.2 Å². The maximum absolute atomic E-state index is 13.6. The van der Waals surface area contributed by atoms with Crippen molar-refractivity contribution in [3.63, 3.8) is 0 Å². The SMILES string of the molecule is Cc1ccc(S[C@H]2OC(CO)[C@H](O)[C@H](c3nnc(-c4cc(F)c(F)c(F)c4)o3)C2O)cc1Cl. The Morgan fingerprint density at radius 2 is 1.76 bits per heavy atom. The lowest BCUT2D eigenvalue weighted by Crippen LogP contribution is -2.53. The average Bonchev–Trinajstić information content (AvgIpc) is 3.26. The number of nitrogens with zero attached hydrogens (tertiary/aromatic N) is 2. The van der Waals surface area contributed by atoms with E-state index < -0.39 is 53.7 Å². The summed E-state index contributed by atoms with van der Waals surface area (Å²) >= 11 is 7.27. The molecule has 3 N–H and O–H groups in total. The third-order valence-electron chi connectivity index (χ3n) is 5.24. The van der Waals surface area contributed by atoms with Gasteiger partial charge in [0.1, 0.15) is 17.6 Å². The normalized spacial score (nSPS) is 25.4. The van der Waals surface area contributed by atoms with E-state index in [4.69, 9.17) is 20.8 Å². The molecule has 12 heteroatoms. The van der Waals surface area contributed by atoms with Gasteiger partial charge in [-0.3, -0.25) is 0 Å². The molecule has 1 aliphatic rings. The maximum atomic E-state index is 13.6. The Morgan fingerprint density at radius 1 is 1.06 bits per heavy atom. The number of rotatable bonds is 5. The van der Waals surface area contributed by atoms with Gasteiger partial charge in [-0.15, -0.1) is 10.2 Å². The maximum Gasteiger partial charge on any atom is 0.247 e. The van der Waals surface area contributed by atoms with E-state index >= 15 is 0 Å². The highest BCUT2D eigenvalue weighted by atomic mass is 35.5. The summed E-state index contributed by atoms with van der Waals surface area (Å²) in [5.41, 5.74) is -0.315. The third-order valence-corrected chi connectivity index (χ3v) is 6.79. The summed E-state index contributed by atoms with van der Waals surface area (Å²) in [5, 5.41) is 39.3. The van der Waals surface area contributed by atoms with Gasteiger partial charge in [-0.05, 0) is 36.8 Å². The van der Waals surface area contributed by atoms with Gasteiger partial charge in [0.2, 0.25) is 11.8 Å². The third kappa shape index (κ3) is 4.75. The molecule has 0 bridgehead atoms. The molecule has 5 atom stereocenters. The quantitative estimate of drug-likeness (QED) is 0.455. The van der Waals surface area contributed by atoms with E-state index in [0.29, 0.717) is 22.1 Å². The Bertz CT molecular complexity index is 1140. The molecule has 0 spiro atoms. The number of aliphatic hydroxyl groups is 3. The summed E-state index contributed by atoms with van der Waals surface area (Å²) in [6.45, 7) is 1.27. The van der Waals surface area contributed by atoms with Gasteiger partial charge in [0, 0.05) is 15.5 Å². The van der Waals surface area contributed by atoms with E-state index in [0.717, 1.165) is 17.3 Å². The Kier molecular flexibility index (Phi) is 6.99. The highest BCUT2D eigenvalue weighted by Gasteiger charge is 2.48. The van der Waals surface area contributed by atoms with E-state index in [9.17, 15) is 28.5 Å². The summed E-state index contributed by atoms with van der Waals surface area (Å²) in [6.07, 6.45) is -3.89. The summed E-state index contributed by atoms with van der Waals surface area (Å²) < 4.78 is 51.5. The van der Waals surface area contributed by atoms with Crippen LogP contribution in [0.3, 0.4) is 0 Å². The van der Waals surface area contributed by atoms with Gasteiger partial charge < -0.3 is 24.5 Å². The van der Waals surface area contributed by atoms with E-state index in [2.05, 4.69) is 10.2 Å². The van der Waals surface area contributed by atoms with Crippen molar-refractivity contribution in [2.75, 3.05) is 6.61 Å². The standard InChI is InChI=1S/C21H18ClF3N2O5S/c1-8-2-3-10(6-11(8)22)33-21-18(30)15(17(29)14(7-28)31-21)20-27-26-19(32-20)9-4-12(23)16(25)13(24)5-9/h2-6,14-15,17-18,21,28-30H,7H2,1H3/t14?,15-,17-,18?,21+/m0/s1. The molecule has 0 radical (unpaired) electrons. The van der Waals surface area contributed by atoms with Crippen molar-refractivity contribution in [3.8, 4) is 11.5 Å². The fourth-order valence-corrected chi connectivity index (χ4v) is 4.78. The van der Waals surface area contributed by atoms with Crippen LogP contribution in [0.5, 0.6) is 0 Å². The Morgan fingerprint density at radius 3 is 2.39 bits per heavy atom. The number of aliphatic hydroxyl groups excluding tert-OH is 3. The van der Waals surface area contributed by atoms with Crippen molar-refractivity contribution in [1.82, 2.24) is 10.2 Å². The minimum absolute atomic E-state index is 0.222. The molecule has 1 saturated heterocycles. The number of ether oxygens (including phenoxy) is 1. The second-order valence-corrected chi connectivity index (χ2v) is 9.04. The van der Waals surface area contributed by atoms with Crippen LogP contribution in [0, 0.1) is 24.4 Å². The lowest BCUT2D eigenvalue weighted by molar-refractivity contribution is -0.166. The molecular formula is C21H18ClF3N2O5S. The topological polar surface area (TPSA) is 109 Å². The summed E-state index contributed by atoms with van der Waals surface area (Å²) in [4.78, 5) is 0.671. The van der Waals surface area contributed by atoms with Crippen LogP contribution in [0.2, 0.25) is 5.02 Å². The minimum Gasteiger partial charge on any atom is -0.420 e. The molecule has 1 aromatic heterocycles. The van der Waals surface area contributed by atoms with Crippen molar-refractivity contribution < 1.29 is 37.6 Å². The van der Waals surface area contributed by atoms with Crippen molar-refractivity contribution in [2.24, 2.45) is 0 Å². The summed E-state index contributed by atoms with van der Waals surface area (Å²) in [7, 11) is 0. The van der Waals surface area contributed by atoms with Crippen LogP contribution >= 0.6 is 23.4 Å². The first kappa shape index (κ1) is 24.0. The van der Waals surface area contributed by atoms with Crippen molar-refractivity contribution in [3.05, 3.63) is 64.3 Å². The fraction of sp³-hybridized carbons (Fsp3) is 0.333. The largest absolute Gasteiger partial charge is 0.420 e. The molecule has 4 rings (SSSR count). The first-order chi connectivity index (χ1) is 15.7. The van der Waals surface area contributed by atoms with E-state index in [1.54, 1.807) is 18.2 Å². The predicted molar refractivity (Wildman–Crippen MR) is 112 cm³/mol.